The highest BCUT2D eigenvalue weighted by molar-refractivity contribution is 5.85. The highest BCUT2D eigenvalue weighted by atomic mass is 35.5. The Balaban J connectivity index is 0.00000220. The Kier molecular flexibility index (Phi) is 9.79. The fraction of sp³-hybridized carbons (Fsp3) is 0.467. The average molecular weight is 346 g/mol. The molecule has 0 radical (unpaired) electrons. The SMILES string of the molecule is CC(=O)Oc1cccc([C@H](CC#N)N2CCNCC2)c1.Cl.Cl. The first-order valence-electron chi connectivity index (χ1n) is 6.81. The van der Waals surface area contributed by atoms with Crippen LogP contribution < -0.4 is 10.1 Å². The van der Waals surface area contributed by atoms with Gasteiger partial charge in [-0.25, -0.2) is 0 Å². The van der Waals surface area contributed by atoms with Crippen LogP contribution in [0.3, 0.4) is 0 Å². The molecule has 1 N–H and O–H groups in total. The molecule has 2 rings (SSSR count). The van der Waals surface area contributed by atoms with Gasteiger partial charge in [0, 0.05) is 39.1 Å². The van der Waals surface area contributed by atoms with E-state index in [2.05, 4.69) is 16.3 Å². The molecule has 1 atom stereocenters. The first-order valence-corrected chi connectivity index (χ1v) is 6.81. The van der Waals surface area contributed by atoms with Crippen LogP contribution in [0.25, 0.3) is 0 Å². The number of nitrogens with zero attached hydrogens (tertiary/aromatic N) is 2. The number of halogens is 2. The second kappa shape index (κ2) is 10.4. The van der Waals surface area contributed by atoms with Gasteiger partial charge >= 0.3 is 5.97 Å². The molecule has 0 unspecified atom stereocenters. The number of hydrogen-bond donors (Lipinski definition) is 1. The van der Waals surface area contributed by atoms with Gasteiger partial charge in [-0.05, 0) is 17.7 Å². The summed E-state index contributed by atoms with van der Waals surface area (Å²) >= 11 is 0. The molecule has 1 aromatic carbocycles. The summed E-state index contributed by atoms with van der Waals surface area (Å²) in [5, 5.41) is 12.4. The summed E-state index contributed by atoms with van der Waals surface area (Å²) in [5.74, 6) is 0.203. The third kappa shape index (κ3) is 5.82. The van der Waals surface area contributed by atoms with E-state index in [0.29, 0.717) is 12.2 Å². The van der Waals surface area contributed by atoms with Crippen LogP contribution in [0.2, 0.25) is 0 Å². The first-order chi connectivity index (χ1) is 9.70. The van der Waals surface area contributed by atoms with E-state index in [1.54, 1.807) is 6.07 Å². The van der Waals surface area contributed by atoms with Crippen molar-refractivity contribution in [3.05, 3.63) is 29.8 Å². The van der Waals surface area contributed by atoms with Gasteiger partial charge in [0.15, 0.2) is 0 Å². The van der Waals surface area contributed by atoms with Gasteiger partial charge in [0.2, 0.25) is 0 Å². The molecule has 122 valence electrons. The number of nitriles is 1. The molecule has 0 aromatic heterocycles. The van der Waals surface area contributed by atoms with Crippen LogP contribution in [0.1, 0.15) is 24.9 Å². The van der Waals surface area contributed by atoms with Crippen LogP contribution in [0.4, 0.5) is 0 Å². The van der Waals surface area contributed by atoms with Crippen molar-refractivity contribution in [2.24, 2.45) is 0 Å². The molecule has 1 aromatic rings. The lowest BCUT2D eigenvalue weighted by atomic mass is 10.0. The van der Waals surface area contributed by atoms with Gasteiger partial charge in [-0.3, -0.25) is 9.69 Å². The second-order valence-electron chi connectivity index (χ2n) is 4.83. The maximum absolute atomic E-state index is 11.0. The predicted molar refractivity (Wildman–Crippen MR) is 89.7 cm³/mol. The van der Waals surface area contributed by atoms with Crippen LogP contribution >= 0.6 is 24.8 Å². The van der Waals surface area contributed by atoms with Gasteiger partial charge in [-0.15, -0.1) is 24.8 Å². The third-order valence-electron chi connectivity index (χ3n) is 3.38. The maximum Gasteiger partial charge on any atom is 0.308 e. The Morgan fingerprint density at radius 2 is 2.09 bits per heavy atom. The Morgan fingerprint density at radius 1 is 1.41 bits per heavy atom. The Morgan fingerprint density at radius 3 is 2.68 bits per heavy atom. The first kappa shape index (κ1) is 20.7. The zero-order valence-electron chi connectivity index (χ0n) is 12.4. The summed E-state index contributed by atoms with van der Waals surface area (Å²) in [5.41, 5.74) is 1.02. The van der Waals surface area contributed by atoms with Crippen molar-refractivity contribution in [3.8, 4) is 11.8 Å². The molecule has 1 saturated heterocycles. The van der Waals surface area contributed by atoms with E-state index in [1.165, 1.54) is 6.92 Å². The van der Waals surface area contributed by atoms with Gasteiger partial charge in [0.05, 0.1) is 12.5 Å². The van der Waals surface area contributed by atoms with Crippen molar-refractivity contribution >= 4 is 30.8 Å². The summed E-state index contributed by atoms with van der Waals surface area (Å²) in [4.78, 5) is 13.3. The van der Waals surface area contributed by atoms with Gasteiger partial charge in [0.25, 0.3) is 0 Å². The predicted octanol–water partition coefficient (Wildman–Crippen LogP) is 2.32. The summed E-state index contributed by atoms with van der Waals surface area (Å²) in [6.07, 6.45) is 0.434. The summed E-state index contributed by atoms with van der Waals surface area (Å²) in [7, 11) is 0. The number of carbonyl (C=O) groups is 1. The van der Waals surface area contributed by atoms with E-state index in [1.807, 2.05) is 18.2 Å². The minimum absolute atomic E-state index is 0. The van der Waals surface area contributed by atoms with Crippen LogP contribution in [0.15, 0.2) is 24.3 Å². The lowest BCUT2D eigenvalue weighted by molar-refractivity contribution is -0.131. The zero-order valence-corrected chi connectivity index (χ0v) is 14.1. The van der Waals surface area contributed by atoms with Crippen molar-refractivity contribution in [2.75, 3.05) is 26.2 Å². The highest BCUT2D eigenvalue weighted by Gasteiger charge is 2.22. The fourth-order valence-corrected chi connectivity index (χ4v) is 2.49. The molecule has 1 aliphatic heterocycles. The monoisotopic (exact) mass is 345 g/mol. The lowest BCUT2D eigenvalue weighted by Crippen LogP contribution is -2.45. The normalized spacial score (nSPS) is 15.6. The summed E-state index contributed by atoms with van der Waals surface area (Å²) < 4.78 is 5.12. The molecule has 0 spiro atoms. The molecule has 1 aliphatic rings. The number of piperazine rings is 1. The minimum atomic E-state index is -0.332. The van der Waals surface area contributed by atoms with E-state index in [-0.39, 0.29) is 36.8 Å². The fourth-order valence-electron chi connectivity index (χ4n) is 2.49. The quantitative estimate of drug-likeness (QED) is 0.670. The number of rotatable bonds is 4. The Bertz CT molecular complexity index is 514. The van der Waals surface area contributed by atoms with Crippen molar-refractivity contribution < 1.29 is 9.53 Å². The van der Waals surface area contributed by atoms with Crippen LogP contribution in [0.5, 0.6) is 5.75 Å². The highest BCUT2D eigenvalue weighted by Crippen LogP contribution is 2.27. The molecule has 22 heavy (non-hydrogen) atoms. The Hall–Kier alpha value is -1.32. The van der Waals surface area contributed by atoms with E-state index in [0.717, 1.165) is 31.7 Å². The van der Waals surface area contributed by atoms with Gasteiger partial charge in [-0.2, -0.15) is 5.26 Å². The van der Waals surface area contributed by atoms with Crippen LogP contribution in [-0.2, 0) is 4.79 Å². The molecule has 0 bridgehead atoms. The van der Waals surface area contributed by atoms with E-state index in [4.69, 9.17) is 10.00 Å². The van der Waals surface area contributed by atoms with E-state index >= 15 is 0 Å². The molecule has 1 heterocycles. The number of carbonyl (C=O) groups excluding carboxylic acids is 1. The van der Waals surface area contributed by atoms with E-state index in [9.17, 15) is 4.79 Å². The van der Waals surface area contributed by atoms with Crippen LogP contribution in [0, 0.1) is 11.3 Å². The molecule has 5 nitrogen and oxygen atoms in total. The number of ether oxygens (including phenoxy) is 1. The van der Waals surface area contributed by atoms with Gasteiger partial charge in [0.1, 0.15) is 5.75 Å². The van der Waals surface area contributed by atoms with Crippen molar-refractivity contribution in [2.45, 2.75) is 19.4 Å². The summed E-state index contributed by atoms with van der Waals surface area (Å²) in [6, 6.07) is 9.76. The van der Waals surface area contributed by atoms with Crippen molar-refractivity contribution in [1.29, 1.82) is 5.26 Å². The minimum Gasteiger partial charge on any atom is -0.427 e. The van der Waals surface area contributed by atoms with Crippen molar-refractivity contribution in [1.82, 2.24) is 10.2 Å². The van der Waals surface area contributed by atoms with Gasteiger partial charge < -0.3 is 10.1 Å². The molecular formula is C15H21Cl2N3O2. The largest absolute Gasteiger partial charge is 0.427 e. The molecule has 1 fully saturated rings. The number of esters is 1. The van der Waals surface area contributed by atoms with E-state index < -0.39 is 0 Å². The third-order valence-corrected chi connectivity index (χ3v) is 3.38. The average Bonchev–Trinajstić information content (AvgIpc) is 2.45. The number of benzene rings is 1. The second-order valence-corrected chi connectivity index (χ2v) is 4.83. The smallest absolute Gasteiger partial charge is 0.308 e. The summed E-state index contributed by atoms with van der Waals surface area (Å²) in [6.45, 7) is 5.10. The zero-order chi connectivity index (χ0) is 14.4. The molecular weight excluding hydrogens is 325 g/mol. The van der Waals surface area contributed by atoms with Crippen LogP contribution in [-0.4, -0.2) is 37.0 Å². The number of nitrogens with one attached hydrogen (secondary N) is 1. The Labute approximate surface area is 143 Å². The van der Waals surface area contributed by atoms with Crippen molar-refractivity contribution in [3.63, 3.8) is 0 Å². The van der Waals surface area contributed by atoms with Gasteiger partial charge in [-0.1, -0.05) is 12.1 Å². The topological polar surface area (TPSA) is 65.4 Å². The molecule has 7 heteroatoms. The molecule has 0 saturated carbocycles. The molecule has 0 amide bonds. The standard InChI is InChI=1S/C15H19N3O2.2ClH/c1-12(19)20-14-4-2-3-13(11-14)15(5-6-16)18-9-7-17-8-10-18;;/h2-4,11,15,17H,5,7-10H2,1H3;2*1H/t15-;;/m0../s1. The molecule has 0 aliphatic carbocycles. The number of hydrogen-bond acceptors (Lipinski definition) is 5. The lowest BCUT2D eigenvalue weighted by Gasteiger charge is -2.34. The maximum atomic E-state index is 11.0.